The minimum absolute atomic E-state index is 0.0299. The molecule has 1 atom stereocenters. The summed E-state index contributed by atoms with van der Waals surface area (Å²) in [6.07, 6.45) is -3.22. The third kappa shape index (κ3) is 4.70. The maximum absolute atomic E-state index is 14.2. The van der Waals surface area contributed by atoms with Gasteiger partial charge in [0.15, 0.2) is 0 Å². The van der Waals surface area contributed by atoms with Gasteiger partial charge in [0, 0.05) is 50.3 Å². The van der Waals surface area contributed by atoms with E-state index in [1.165, 1.54) is 17.9 Å². The molecule has 12 heteroatoms. The van der Waals surface area contributed by atoms with Crippen molar-refractivity contribution in [2.45, 2.75) is 62.9 Å². The Kier molecular flexibility index (Phi) is 6.49. The number of halogens is 5. The summed E-state index contributed by atoms with van der Waals surface area (Å²) in [5, 5.41) is 18.4. The van der Waals surface area contributed by atoms with Crippen molar-refractivity contribution in [3.05, 3.63) is 76.4 Å². The second-order valence-electron chi connectivity index (χ2n) is 11.7. The van der Waals surface area contributed by atoms with Crippen molar-refractivity contribution in [3.63, 3.8) is 0 Å². The minimum atomic E-state index is -4.70. The van der Waals surface area contributed by atoms with Crippen molar-refractivity contribution in [1.29, 1.82) is 0 Å². The number of aromatic nitrogens is 3. The monoisotopic (exact) mass is 575 g/mol. The van der Waals surface area contributed by atoms with Crippen LogP contribution in [0.15, 0.2) is 42.7 Å². The summed E-state index contributed by atoms with van der Waals surface area (Å²) in [6, 6.07) is 9.57. The SMILES string of the molecule is C[C@@H]1CN(Cc2cc3c(c(C(F)(F)F)c2)CN(c2cccc([C@]4(c5nncn5C)C[C@H](O)C4)c2)C3=O)CCC1(F)F. The van der Waals surface area contributed by atoms with Crippen LogP contribution in [0.5, 0.6) is 0 Å². The molecule has 1 aliphatic carbocycles. The Morgan fingerprint density at radius 1 is 1.15 bits per heavy atom. The van der Waals surface area contributed by atoms with Gasteiger partial charge in [-0.25, -0.2) is 8.78 Å². The van der Waals surface area contributed by atoms with E-state index in [0.29, 0.717) is 24.4 Å². The Labute approximate surface area is 233 Å². The molecule has 1 amide bonds. The molecule has 3 aromatic rings. The molecule has 2 aliphatic heterocycles. The topological polar surface area (TPSA) is 74.5 Å². The summed E-state index contributed by atoms with van der Waals surface area (Å²) in [5.74, 6) is -3.62. The summed E-state index contributed by atoms with van der Waals surface area (Å²) < 4.78 is 72.4. The molecule has 6 rings (SSSR count). The number of benzene rings is 2. The standard InChI is InChI=1S/C29H30F5N5O2/c1-17-13-38(7-6-28(17,30)31)14-18-8-22-23(24(9-18)29(32,33)34)15-39(25(22)41)20-5-3-4-19(10-20)27(11-21(40)12-27)26-36-35-16-37(26)2/h3-5,8-10,16-17,21,40H,6-7,11-15H2,1-2H3/t17-,21-,27-/m1/s1. The zero-order valence-corrected chi connectivity index (χ0v) is 22.6. The molecule has 41 heavy (non-hydrogen) atoms. The van der Waals surface area contributed by atoms with Gasteiger partial charge < -0.3 is 14.6 Å². The Bertz CT molecular complexity index is 1500. The largest absolute Gasteiger partial charge is 0.416 e. The lowest BCUT2D eigenvalue weighted by atomic mass is 9.62. The molecule has 7 nitrogen and oxygen atoms in total. The lowest BCUT2D eigenvalue weighted by Crippen LogP contribution is -2.47. The fourth-order valence-corrected chi connectivity index (χ4v) is 6.57. The van der Waals surface area contributed by atoms with Gasteiger partial charge in [-0.3, -0.25) is 9.69 Å². The van der Waals surface area contributed by atoms with Crippen LogP contribution in [0.1, 0.15) is 64.6 Å². The number of aliphatic hydroxyl groups excluding tert-OH is 1. The number of carbonyl (C=O) groups excluding carboxylic acids is 1. The maximum atomic E-state index is 14.2. The fourth-order valence-electron chi connectivity index (χ4n) is 6.57. The second kappa shape index (κ2) is 9.59. The van der Waals surface area contributed by atoms with Gasteiger partial charge in [0.1, 0.15) is 12.2 Å². The van der Waals surface area contributed by atoms with Crippen LogP contribution >= 0.6 is 0 Å². The lowest BCUT2D eigenvalue weighted by molar-refractivity contribution is -0.138. The van der Waals surface area contributed by atoms with Crippen LogP contribution in [0.2, 0.25) is 0 Å². The van der Waals surface area contributed by atoms with E-state index in [1.54, 1.807) is 41.0 Å². The molecular weight excluding hydrogens is 545 g/mol. The third-order valence-electron chi connectivity index (χ3n) is 8.85. The number of piperidine rings is 1. The molecule has 0 bridgehead atoms. The molecule has 1 saturated carbocycles. The van der Waals surface area contributed by atoms with Gasteiger partial charge >= 0.3 is 6.18 Å². The minimum Gasteiger partial charge on any atom is -0.393 e. The van der Waals surface area contributed by atoms with Crippen LogP contribution < -0.4 is 4.90 Å². The Morgan fingerprint density at radius 2 is 1.90 bits per heavy atom. The number of aryl methyl sites for hydroxylation is 1. The first-order valence-electron chi connectivity index (χ1n) is 13.6. The summed E-state index contributed by atoms with van der Waals surface area (Å²) in [5.41, 5.74) is -0.160. The lowest BCUT2D eigenvalue weighted by Gasteiger charge is -2.45. The number of anilines is 1. The van der Waals surface area contributed by atoms with Crippen molar-refractivity contribution in [2.75, 3.05) is 18.0 Å². The molecule has 1 N–H and O–H groups in total. The second-order valence-corrected chi connectivity index (χ2v) is 11.7. The van der Waals surface area contributed by atoms with Crippen LogP contribution in [0.4, 0.5) is 27.6 Å². The Morgan fingerprint density at radius 3 is 2.54 bits per heavy atom. The van der Waals surface area contributed by atoms with Gasteiger partial charge in [0.25, 0.3) is 11.8 Å². The van der Waals surface area contributed by atoms with Crippen LogP contribution in [0, 0.1) is 5.92 Å². The zero-order valence-electron chi connectivity index (χ0n) is 22.6. The van der Waals surface area contributed by atoms with Gasteiger partial charge in [-0.2, -0.15) is 13.2 Å². The number of likely N-dealkylation sites (tertiary alicyclic amines) is 1. The quantitative estimate of drug-likeness (QED) is 0.438. The van der Waals surface area contributed by atoms with E-state index in [2.05, 4.69) is 10.2 Å². The number of carbonyl (C=O) groups is 1. The van der Waals surface area contributed by atoms with E-state index in [9.17, 15) is 31.9 Å². The molecule has 1 aromatic heterocycles. The number of rotatable bonds is 5. The molecule has 3 aliphatic rings. The number of amides is 1. The first kappa shape index (κ1) is 27.8. The van der Waals surface area contributed by atoms with Crippen LogP contribution in [0.3, 0.4) is 0 Å². The molecule has 3 heterocycles. The molecule has 2 aromatic carbocycles. The summed E-state index contributed by atoms with van der Waals surface area (Å²) in [4.78, 5) is 16.7. The number of alkyl halides is 5. The highest BCUT2D eigenvalue weighted by atomic mass is 19.4. The van der Waals surface area contributed by atoms with E-state index in [4.69, 9.17) is 0 Å². The highest BCUT2D eigenvalue weighted by Crippen LogP contribution is 2.49. The molecule has 1 saturated heterocycles. The average molecular weight is 576 g/mol. The number of hydrogen-bond acceptors (Lipinski definition) is 5. The van der Waals surface area contributed by atoms with Gasteiger partial charge in [0.2, 0.25) is 0 Å². The van der Waals surface area contributed by atoms with Gasteiger partial charge in [-0.15, -0.1) is 10.2 Å². The van der Waals surface area contributed by atoms with Gasteiger partial charge in [0.05, 0.1) is 23.6 Å². The number of nitrogens with zero attached hydrogens (tertiary/aromatic N) is 5. The summed E-state index contributed by atoms with van der Waals surface area (Å²) in [6.45, 7) is 1.34. The summed E-state index contributed by atoms with van der Waals surface area (Å²) in [7, 11) is 1.80. The van der Waals surface area contributed by atoms with Crippen molar-refractivity contribution in [1.82, 2.24) is 19.7 Å². The van der Waals surface area contributed by atoms with E-state index >= 15 is 0 Å². The Hall–Kier alpha value is -3.38. The number of fused-ring (bicyclic) bond motifs is 1. The molecular formula is C29H30F5N5O2. The normalized spacial score (nSPS) is 26.2. The first-order valence-corrected chi connectivity index (χ1v) is 13.6. The van der Waals surface area contributed by atoms with Gasteiger partial charge in [-0.05, 0) is 53.8 Å². The van der Waals surface area contributed by atoms with E-state index in [1.807, 2.05) is 6.07 Å². The van der Waals surface area contributed by atoms with Crippen molar-refractivity contribution in [2.24, 2.45) is 13.0 Å². The first-order chi connectivity index (χ1) is 19.3. The van der Waals surface area contributed by atoms with Crippen LogP contribution in [0.25, 0.3) is 0 Å². The summed E-state index contributed by atoms with van der Waals surface area (Å²) >= 11 is 0. The molecule has 0 spiro atoms. The van der Waals surface area contributed by atoms with Crippen molar-refractivity contribution in [3.8, 4) is 0 Å². The number of aliphatic hydroxyl groups is 1. The molecule has 0 radical (unpaired) electrons. The highest BCUT2D eigenvalue weighted by Gasteiger charge is 2.50. The average Bonchev–Trinajstić information content (AvgIpc) is 3.46. The van der Waals surface area contributed by atoms with Crippen LogP contribution in [-0.2, 0) is 31.7 Å². The predicted molar refractivity (Wildman–Crippen MR) is 139 cm³/mol. The van der Waals surface area contributed by atoms with Gasteiger partial charge in [-0.1, -0.05) is 19.1 Å². The highest BCUT2D eigenvalue weighted by molar-refractivity contribution is 6.10. The fraction of sp³-hybridized carbons (Fsp3) is 0.483. The maximum Gasteiger partial charge on any atom is 0.416 e. The Balaban J connectivity index is 1.32. The molecule has 218 valence electrons. The van der Waals surface area contributed by atoms with E-state index in [-0.39, 0.29) is 49.3 Å². The van der Waals surface area contributed by atoms with E-state index < -0.39 is 41.0 Å². The third-order valence-corrected chi connectivity index (χ3v) is 8.85. The predicted octanol–water partition coefficient (Wildman–Crippen LogP) is 4.91. The van der Waals surface area contributed by atoms with Crippen molar-refractivity contribution >= 4 is 11.6 Å². The van der Waals surface area contributed by atoms with Crippen LogP contribution in [-0.4, -0.2) is 55.8 Å². The smallest absolute Gasteiger partial charge is 0.393 e. The zero-order chi connectivity index (χ0) is 29.3. The number of hydrogen-bond donors (Lipinski definition) is 1. The van der Waals surface area contributed by atoms with E-state index in [0.717, 1.165) is 11.6 Å². The molecule has 2 fully saturated rings. The van der Waals surface area contributed by atoms with Crippen molar-refractivity contribution < 1.29 is 31.9 Å². The molecule has 0 unspecified atom stereocenters.